The van der Waals surface area contributed by atoms with E-state index in [-0.39, 0.29) is 35.4 Å². The fourth-order valence-corrected chi connectivity index (χ4v) is 8.24. The summed E-state index contributed by atoms with van der Waals surface area (Å²) in [6.07, 6.45) is -4.18. The number of benzene rings is 2. The summed E-state index contributed by atoms with van der Waals surface area (Å²) in [7, 11) is 0. The van der Waals surface area contributed by atoms with Crippen LogP contribution in [0.15, 0.2) is 77.4 Å². The molecule has 2 aromatic carbocycles. The number of carbonyl (C=O) groups is 4. The second-order valence-electron chi connectivity index (χ2n) is 13.9. The monoisotopic (exact) mass is 691 g/mol. The predicted octanol–water partition coefficient (Wildman–Crippen LogP) is 4.82. The van der Waals surface area contributed by atoms with Gasteiger partial charge < -0.3 is 33.2 Å². The topological polar surface area (TPSA) is 191 Å². The van der Waals surface area contributed by atoms with Crippen LogP contribution in [0, 0.1) is 21.4 Å². The van der Waals surface area contributed by atoms with E-state index in [0.717, 1.165) is 12.1 Å². The summed E-state index contributed by atoms with van der Waals surface area (Å²) >= 11 is 0. The largest absolute Gasteiger partial charge is 0.458 e. The molecule has 14 heteroatoms. The van der Waals surface area contributed by atoms with Gasteiger partial charge >= 0.3 is 23.9 Å². The maximum Gasteiger partial charge on any atom is 0.374 e. The molecule has 0 unspecified atom stereocenters. The smallest absolute Gasteiger partial charge is 0.374 e. The standard InChI is InChI=1S/C36H37NO13/c1-20(38)46-29-26(47-30(39)21-10-7-6-8-11-21)19-34(4,42)36-28(49-31(40)22-13-15-23(16-14-22)37(43)44)24(33(2,3)50-36)18-27(35(29,36)5)48-32(41)25-12-9-17-45-25/h6-17,24,26-29,42H,18-19H2,1-5H3/t24-,26+,27+,28-,29+,34+,35-,36+/m1/s1. The van der Waals surface area contributed by atoms with Crippen molar-refractivity contribution < 1.29 is 57.3 Å². The third kappa shape index (κ3) is 5.52. The fourth-order valence-electron chi connectivity index (χ4n) is 8.24. The number of hydrogen-bond acceptors (Lipinski definition) is 13. The number of carbonyl (C=O) groups excluding carboxylic acids is 4. The van der Waals surface area contributed by atoms with E-state index in [1.165, 1.54) is 44.4 Å². The third-order valence-electron chi connectivity index (χ3n) is 10.4. The molecular formula is C36H37NO13. The van der Waals surface area contributed by atoms with E-state index in [9.17, 15) is 34.4 Å². The lowest BCUT2D eigenvalue weighted by Gasteiger charge is -2.65. The number of nitro benzene ring substituents is 1. The minimum absolute atomic E-state index is 0.000985. The van der Waals surface area contributed by atoms with Gasteiger partial charge in [-0.3, -0.25) is 14.9 Å². The first-order valence-corrected chi connectivity index (χ1v) is 16.1. The number of hydrogen-bond donors (Lipinski definition) is 1. The van der Waals surface area contributed by atoms with Crippen molar-refractivity contribution in [2.75, 3.05) is 0 Å². The van der Waals surface area contributed by atoms with Gasteiger partial charge in [-0.05, 0) is 70.5 Å². The van der Waals surface area contributed by atoms with Crippen molar-refractivity contribution >= 4 is 29.6 Å². The minimum Gasteiger partial charge on any atom is -0.458 e. The van der Waals surface area contributed by atoms with E-state index in [2.05, 4.69) is 0 Å². The van der Waals surface area contributed by atoms with E-state index < -0.39 is 81.4 Å². The Labute approximate surface area is 286 Å². The van der Waals surface area contributed by atoms with Crippen molar-refractivity contribution in [3.8, 4) is 0 Å². The fraction of sp³-hybridized carbons (Fsp3) is 0.444. The molecule has 2 saturated carbocycles. The van der Waals surface area contributed by atoms with E-state index in [0.29, 0.717) is 0 Å². The lowest BCUT2D eigenvalue weighted by atomic mass is 9.47. The number of esters is 4. The quantitative estimate of drug-likeness (QED) is 0.146. The Balaban J connectivity index is 1.49. The van der Waals surface area contributed by atoms with Gasteiger partial charge in [0.15, 0.2) is 6.10 Å². The second-order valence-corrected chi connectivity index (χ2v) is 13.9. The first-order chi connectivity index (χ1) is 23.5. The van der Waals surface area contributed by atoms with Crippen molar-refractivity contribution in [1.82, 2.24) is 0 Å². The zero-order chi connectivity index (χ0) is 36.2. The Morgan fingerprint density at radius 2 is 1.46 bits per heavy atom. The van der Waals surface area contributed by atoms with Crippen molar-refractivity contribution in [3.05, 3.63) is 100.0 Å². The van der Waals surface area contributed by atoms with Crippen LogP contribution in [0.3, 0.4) is 0 Å². The van der Waals surface area contributed by atoms with E-state index >= 15 is 0 Å². The second kappa shape index (κ2) is 12.4. The molecule has 8 atom stereocenters. The number of nitrogens with zero attached hydrogens (tertiary/aromatic N) is 1. The van der Waals surface area contributed by atoms with Gasteiger partial charge in [0, 0.05) is 31.4 Å². The zero-order valence-corrected chi connectivity index (χ0v) is 28.0. The molecule has 3 aliphatic rings. The molecule has 3 fully saturated rings. The van der Waals surface area contributed by atoms with Gasteiger partial charge in [0.25, 0.3) is 5.69 Å². The molecule has 264 valence electrons. The van der Waals surface area contributed by atoms with Crippen molar-refractivity contribution in [2.24, 2.45) is 11.3 Å². The van der Waals surface area contributed by atoms with Crippen molar-refractivity contribution in [1.29, 1.82) is 0 Å². The number of aliphatic hydroxyl groups is 1. The summed E-state index contributed by atoms with van der Waals surface area (Å²) in [5.41, 5.74) is -6.86. The average molecular weight is 692 g/mol. The number of rotatable bonds is 8. The van der Waals surface area contributed by atoms with Crippen LogP contribution in [-0.4, -0.2) is 75.1 Å². The van der Waals surface area contributed by atoms with E-state index in [1.807, 2.05) is 0 Å². The number of fused-ring (bicyclic) bond motifs is 1. The van der Waals surface area contributed by atoms with Crippen LogP contribution in [0.5, 0.6) is 0 Å². The summed E-state index contributed by atoms with van der Waals surface area (Å²) in [5.74, 6) is -4.04. The first kappa shape index (κ1) is 34.8. The number of furan rings is 1. The Bertz CT molecular complexity index is 1800. The molecule has 3 aromatic rings. The maximum atomic E-state index is 13.8. The van der Waals surface area contributed by atoms with Gasteiger partial charge in [-0.25, -0.2) is 14.4 Å². The Morgan fingerprint density at radius 3 is 2.06 bits per heavy atom. The van der Waals surface area contributed by atoms with Gasteiger partial charge in [0.2, 0.25) is 5.76 Å². The highest BCUT2D eigenvalue weighted by Crippen LogP contribution is 2.69. The summed E-state index contributed by atoms with van der Waals surface area (Å²) in [5, 5.41) is 23.9. The molecule has 1 aliphatic heterocycles. The van der Waals surface area contributed by atoms with Gasteiger partial charge in [0.1, 0.15) is 23.9 Å². The van der Waals surface area contributed by atoms with Crippen molar-refractivity contribution in [3.63, 3.8) is 0 Å². The highest BCUT2D eigenvalue weighted by molar-refractivity contribution is 5.90. The molecule has 50 heavy (non-hydrogen) atoms. The van der Waals surface area contributed by atoms with Gasteiger partial charge in [-0.1, -0.05) is 18.2 Å². The Kier molecular flexibility index (Phi) is 8.59. The maximum absolute atomic E-state index is 13.8. The number of non-ortho nitro benzene ring substituents is 1. The molecule has 2 aliphatic carbocycles. The molecule has 1 N–H and O–H groups in total. The SMILES string of the molecule is CC(=O)O[C@H]1[C@@H](OC(=O)c2ccccc2)C[C@](C)(O)[C@]23OC(C)(C)[C@H](C[C@H](OC(=O)c4ccco4)[C@]12C)[C@H]3OC(=O)c1ccc([N+](=O)[O-])cc1. The van der Waals surface area contributed by atoms with Crippen LogP contribution >= 0.6 is 0 Å². The number of nitro groups is 1. The summed E-state index contributed by atoms with van der Waals surface area (Å²) in [4.78, 5) is 64.2. The predicted molar refractivity (Wildman–Crippen MR) is 171 cm³/mol. The Morgan fingerprint density at radius 1 is 0.820 bits per heavy atom. The minimum atomic E-state index is -2.00. The first-order valence-electron chi connectivity index (χ1n) is 16.1. The molecular weight excluding hydrogens is 654 g/mol. The highest BCUT2D eigenvalue weighted by atomic mass is 16.6. The van der Waals surface area contributed by atoms with E-state index in [4.69, 9.17) is 28.1 Å². The summed E-state index contributed by atoms with van der Waals surface area (Å²) in [6, 6.07) is 15.9. The molecule has 0 radical (unpaired) electrons. The van der Waals surface area contributed by atoms with Gasteiger partial charge in [0.05, 0.1) is 38.9 Å². The van der Waals surface area contributed by atoms with Gasteiger partial charge in [-0.2, -0.15) is 0 Å². The van der Waals surface area contributed by atoms with Crippen molar-refractivity contribution in [2.45, 2.75) is 88.7 Å². The third-order valence-corrected chi connectivity index (χ3v) is 10.4. The molecule has 1 aromatic heterocycles. The van der Waals surface area contributed by atoms with E-state index in [1.54, 1.807) is 51.1 Å². The average Bonchev–Trinajstić information content (AvgIpc) is 3.66. The normalized spacial score (nSPS) is 32.2. The van der Waals surface area contributed by atoms with Crippen LogP contribution in [0.2, 0.25) is 0 Å². The highest BCUT2D eigenvalue weighted by Gasteiger charge is 2.84. The molecule has 14 nitrogen and oxygen atoms in total. The molecule has 2 heterocycles. The van der Waals surface area contributed by atoms with Gasteiger partial charge in [-0.15, -0.1) is 0 Å². The molecule has 6 rings (SSSR count). The molecule has 1 saturated heterocycles. The van der Waals surface area contributed by atoms with Crippen LogP contribution in [-0.2, 0) is 28.5 Å². The molecule has 2 bridgehead atoms. The number of ether oxygens (including phenoxy) is 5. The molecule has 1 spiro atoms. The van der Waals surface area contributed by atoms with Crippen LogP contribution in [0.25, 0.3) is 0 Å². The van der Waals surface area contributed by atoms with Crippen LogP contribution in [0.4, 0.5) is 5.69 Å². The molecule has 0 amide bonds. The summed E-state index contributed by atoms with van der Waals surface area (Å²) in [6.45, 7) is 7.69. The zero-order valence-electron chi connectivity index (χ0n) is 28.0. The lowest BCUT2D eigenvalue weighted by molar-refractivity contribution is -0.384. The lowest BCUT2D eigenvalue weighted by Crippen LogP contribution is -2.81. The van der Waals surface area contributed by atoms with Crippen LogP contribution in [0.1, 0.15) is 78.7 Å². The Hall–Kier alpha value is -5.08. The summed E-state index contributed by atoms with van der Waals surface area (Å²) < 4.78 is 36.5. The van der Waals surface area contributed by atoms with Crippen LogP contribution < -0.4 is 0 Å².